The molecule has 1 aliphatic heterocycles. The van der Waals surface area contributed by atoms with Crippen LogP contribution in [0.3, 0.4) is 0 Å². The molecule has 1 saturated heterocycles. The first kappa shape index (κ1) is 21.1. The van der Waals surface area contributed by atoms with Crippen molar-refractivity contribution in [2.24, 2.45) is 4.99 Å². The maximum Gasteiger partial charge on any atom is 0.193 e. The van der Waals surface area contributed by atoms with Gasteiger partial charge < -0.3 is 15.1 Å². The first-order chi connectivity index (χ1) is 12.6. The highest BCUT2D eigenvalue weighted by atomic mass is 32.2. The summed E-state index contributed by atoms with van der Waals surface area (Å²) in [5, 5.41) is 3.55. The Morgan fingerprint density at radius 1 is 1.23 bits per heavy atom. The van der Waals surface area contributed by atoms with E-state index in [2.05, 4.69) is 76.4 Å². The molecule has 0 aliphatic carbocycles. The second-order valence-electron chi connectivity index (χ2n) is 6.95. The molecule has 1 unspecified atom stereocenters. The molecule has 1 atom stereocenters. The number of nitrogens with one attached hydrogen (secondary N) is 1. The van der Waals surface area contributed by atoms with Crippen LogP contribution in [-0.4, -0.2) is 86.3 Å². The van der Waals surface area contributed by atoms with Gasteiger partial charge >= 0.3 is 0 Å². The van der Waals surface area contributed by atoms with Crippen LogP contribution in [0.15, 0.2) is 34.2 Å². The molecular formula is C20H35N5S. The quantitative estimate of drug-likeness (QED) is 0.448. The minimum absolute atomic E-state index is 0.514. The van der Waals surface area contributed by atoms with Crippen molar-refractivity contribution < 1.29 is 0 Å². The molecule has 0 radical (unpaired) electrons. The topological polar surface area (TPSA) is 34.1 Å². The van der Waals surface area contributed by atoms with E-state index in [0.717, 1.165) is 38.7 Å². The van der Waals surface area contributed by atoms with Crippen LogP contribution in [0.5, 0.6) is 0 Å². The summed E-state index contributed by atoms with van der Waals surface area (Å²) in [4.78, 5) is 13.0. The molecule has 1 aromatic rings. The highest BCUT2D eigenvalue weighted by Gasteiger charge is 2.20. The van der Waals surface area contributed by atoms with Crippen molar-refractivity contribution in [2.75, 3.05) is 59.6 Å². The fourth-order valence-electron chi connectivity index (χ4n) is 3.35. The first-order valence-electron chi connectivity index (χ1n) is 9.58. The number of guanidine groups is 1. The van der Waals surface area contributed by atoms with Crippen molar-refractivity contribution in [3.05, 3.63) is 29.8 Å². The summed E-state index contributed by atoms with van der Waals surface area (Å²) in [6, 6.07) is 9.28. The smallest absolute Gasteiger partial charge is 0.193 e. The predicted octanol–water partition coefficient (Wildman–Crippen LogP) is 2.44. The van der Waals surface area contributed by atoms with Crippen molar-refractivity contribution in [3.63, 3.8) is 0 Å². The molecule has 0 spiro atoms. The fourth-order valence-corrected chi connectivity index (χ4v) is 3.76. The average Bonchev–Trinajstić information content (AvgIpc) is 2.69. The molecule has 6 heteroatoms. The van der Waals surface area contributed by atoms with Crippen molar-refractivity contribution in [2.45, 2.75) is 31.3 Å². The van der Waals surface area contributed by atoms with E-state index in [4.69, 9.17) is 0 Å². The lowest BCUT2D eigenvalue weighted by Crippen LogP contribution is -2.53. The van der Waals surface area contributed by atoms with E-state index in [9.17, 15) is 0 Å². The van der Waals surface area contributed by atoms with E-state index in [1.165, 1.54) is 23.5 Å². The van der Waals surface area contributed by atoms with Gasteiger partial charge in [0.1, 0.15) is 0 Å². The largest absolute Gasteiger partial charge is 0.355 e. The molecule has 1 fully saturated rings. The second-order valence-corrected chi connectivity index (χ2v) is 7.83. The van der Waals surface area contributed by atoms with Gasteiger partial charge in [0.25, 0.3) is 0 Å². The van der Waals surface area contributed by atoms with E-state index in [1.807, 2.05) is 7.05 Å². The third kappa shape index (κ3) is 6.18. The number of piperazine rings is 1. The zero-order valence-corrected chi connectivity index (χ0v) is 17.9. The molecule has 1 heterocycles. The van der Waals surface area contributed by atoms with Gasteiger partial charge in [-0.3, -0.25) is 9.89 Å². The SMILES string of the molecule is CCN1CCN(C(C)CNC(=NC)N(C)Cc2ccc(SC)cc2)CC1. The lowest BCUT2D eigenvalue weighted by Gasteiger charge is -2.38. The fraction of sp³-hybridized carbons (Fsp3) is 0.650. The van der Waals surface area contributed by atoms with E-state index in [0.29, 0.717) is 6.04 Å². The second kappa shape index (κ2) is 10.8. The molecule has 0 amide bonds. The van der Waals surface area contributed by atoms with Gasteiger partial charge in [-0.15, -0.1) is 11.8 Å². The summed E-state index contributed by atoms with van der Waals surface area (Å²) in [6.45, 7) is 12.2. The molecule has 0 bridgehead atoms. The number of hydrogen-bond donors (Lipinski definition) is 1. The molecule has 1 N–H and O–H groups in total. The first-order valence-corrected chi connectivity index (χ1v) is 10.8. The van der Waals surface area contributed by atoms with Gasteiger partial charge in [0, 0.05) is 64.3 Å². The van der Waals surface area contributed by atoms with Crippen molar-refractivity contribution in [3.8, 4) is 0 Å². The summed E-state index contributed by atoms with van der Waals surface area (Å²) in [6.07, 6.45) is 2.11. The predicted molar refractivity (Wildman–Crippen MR) is 114 cm³/mol. The minimum Gasteiger partial charge on any atom is -0.355 e. The highest BCUT2D eigenvalue weighted by molar-refractivity contribution is 7.98. The van der Waals surface area contributed by atoms with Crippen LogP contribution in [0.25, 0.3) is 0 Å². The molecule has 0 aromatic heterocycles. The van der Waals surface area contributed by atoms with Crippen molar-refractivity contribution in [1.82, 2.24) is 20.0 Å². The Hall–Kier alpha value is -1.24. The van der Waals surface area contributed by atoms with Gasteiger partial charge in [0.05, 0.1) is 0 Å². The molecule has 5 nitrogen and oxygen atoms in total. The molecule has 0 saturated carbocycles. The molecular weight excluding hydrogens is 342 g/mol. The zero-order valence-electron chi connectivity index (χ0n) is 17.0. The molecule has 1 aromatic carbocycles. The molecule has 26 heavy (non-hydrogen) atoms. The summed E-state index contributed by atoms with van der Waals surface area (Å²) in [5.41, 5.74) is 1.30. The normalized spacial score (nSPS) is 18.0. The Bertz CT molecular complexity index is 552. The van der Waals surface area contributed by atoms with Crippen LogP contribution in [0.4, 0.5) is 0 Å². The van der Waals surface area contributed by atoms with Crippen LogP contribution in [0.1, 0.15) is 19.4 Å². The third-order valence-corrected chi connectivity index (χ3v) is 5.93. The summed E-state index contributed by atoms with van der Waals surface area (Å²) < 4.78 is 0. The lowest BCUT2D eigenvalue weighted by molar-refractivity contribution is 0.107. The van der Waals surface area contributed by atoms with Crippen molar-refractivity contribution in [1.29, 1.82) is 0 Å². The number of likely N-dealkylation sites (N-methyl/N-ethyl adjacent to an activating group) is 1. The molecule has 2 rings (SSSR count). The van der Waals surface area contributed by atoms with E-state index in [-0.39, 0.29) is 0 Å². The van der Waals surface area contributed by atoms with Gasteiger partial charge in [-0.25, -0.2) is 0 Å². The number of benzene rings is 1. The Kier molecular flexibility index (Phi) is 8.75. The van der Waals surface area contributed by atoms with E-state index < -0.39 is 0 Å². The Balaban J connectivity index is 1.80. The summed E-state index contributed by atoms with van der Waals surface area (Å²) >= 11 is 1.78. The van der Waals surface area contributed by atoms with Gasteiger partial charge in [-0.05, 0) is 37.4 Å². The number of thioether (sulfide) groups is 1. The van der Waals surface area contributed by atoms with E-state index >= 15 is 0 Å². The van der Waals surface area contributed by atoms with Gasteiger partial charge in [-0.2, -0.15) is 0 Å². The monoisotopic (exact) mass is 377 g/mol. The van der Waals surface area contributed by atoms with Crippen LogP contribution in [0.2, 0.25) is 0 Å². The third-order valence-electron chi connectivity index (χ3n) is 5.19. The minimum atomic E-state index is 0.514. The van der Waals surface area contributed by atoms with Crippen LogP contribution in [0, 0.1) is 0 Å². The Labute approximate surface area is 163 Å². The maximum atomic E-state index is 4.46. The Morgan fingerprint density at radius 2 is 1.88 bits per heavy atom. The average molecular weight is 378 g/mol. The van der Waals surface area contributed by atoms with Crippen LogP contribution >= 0.6 is 11.8 Å². The number of rotatable bonds is 7. The zero-order chi connectivity index (χ0) is 18.9. The Morgan fingerprint density at radius 3 is 2.42 bits per heavy atom. The molecule has 1 aliphatic rings. The summed E-state index contributed by atoms with van der Waals surface area (Å²) in [5.74, 6) is 0.956. The number of aliphatic imine (C=N–C) groups is 1. The maximum absolute atomic E-state index is 4.46. The highest BCUT2D eigenvalue weighted by Crippen LogP contribution is 2.15. The van der Waals surface area contributed by atoms with Crippen molar-refractivity contribution >= 4 is 17.7 Å². The van der Waals surface area contributed by atoms with Crippen LogP contribution < -0.4 is 5.32 Å². The lowest BCUT2D eigenvalue weighted by atomic mass is 10.2. The van der Waals surface area contributed by atoms with E-state index in [1.54, 1.807) is 11.8 Å². The standard InChI is InChI=1S/C20H35N5S/c1-6-24-11-13-25(14-12-24)17(2)15-22-20(21-3)23(4)16-18-7-9-19(26-5)10-8-18/h7-10,17H,6,11-16H2,1-5H3,(H,21,22). The van der Waals surface area contributed by atoms with Gasteiger partial charge in [0.15, 0.2) is 5.96 Å². The molecule has 146 valence electrons. The van der Waals surface area contributed by atoms with Gasteiger partial charge in [-0.1, -0.05) is 19.1 Å². The number of nitrogens with zero attached hydrogens (tertiary/aromatic N) is 4. The number of hydrogen-bond acceptors (Lipinski definition) is 4. The van der Waals surface area contributed by atoms with Crippen LogP contribution in [-0.2, 0) is 6.54 Å². The van der Waals surface area contributed by atoms with Gasteiger partial charge in [0.2, 0.25) is 0 Å². The summed E-state index contributed by atoms with van der Waals surface area (Å²) in [7, 11) is 3.96.